The molecule has 214 valence electrons. The number of alkyl halides is 3. The van der Waals surface area contributed by atoms with Crippen LogP contribution >= 0.6 is 12.6 Å². The minimum atomic E-state index is -4.84. The second-order valence-corrected chi connectivity index (χ2v) is 12.9. The first kappa shape index (κ1) is 28.7. The number of anilines is 1. The maximum absolute atomic E-state index is 13.6. The highest BCUT2D eigenvalue weighted by molar-refractivity contribution is 7.90. The highest BCUT2D eigenvalue weighted by Crippen LogP contribution is 2.39. The van der Waals surface area contributed by atoms with Crippen LogP contribution < -0.4 is 4.90 Å². The Morgan fingerprint density at radius 2 is 1.77 bits per heavy atom. The fourth-order valence-electron chi connectivity index (χ4n) is 5.78. The third-order valence-electron chi connectivity index (χ3n) is 8.11. The summed E-state index contributed by atoms with van der Waals surface area (Å²) in [6, 6.07) is 11.5. The molecule has 0 spiro atoms. The lowest BCUT2D eigenvalue weighted by Gasteiger charge is -2.46. The van der Waals surface area contributed by atoms with Crippen LogP contribution in [0, 0.1) is 0 Å². The van der Waals surface area contributed by atoms with Crippen LogP contribution in [0.3, 0.4) is 0 Å². The van der Waals surface area contributed by atoms with Gasteiger partial charge in [0.15, 0.2) is 5.60 Å². The molecule has 0 amide bonds. The minimum absolute atomic E-state index is 0.00462. The van der Waals surface area contributed by atoms with E-state index >= 15 is 0 Å². The summed E-state index contributed by atoms with van der Waals surface area (Å²) in [5, 5.41) is 20.6. The second-order valence-electron chi connectivity index (χ2n) is 10.6. The van der Waals surface area contributed by atoms with Gasteiger partial charge >= 0.3 is 6.18 Å². The molecule has 2 aromatic carbocycles. The van der Waals surface area contributed by atoms with Crippen LogP contribution in [0.25, 0.3) is 0 Å². The average Bonchev–Trinajstić information content (AvgIpc) is 3.04. The van der Waals surface area contributed by atoms with Gasteiger partial charge in [-0.15, -0.1) is 12.6 Å². The molecular formula is C26H32F3N3O5S2. The molecule has 2 bridgehead atoms. The highest BCUT2D eigenvalue weighted by Gasteiger charge is 2.51. The molecule has 13 heteroatoms. The Hall–Kier alpha value is -1.87. The van der Waals surface area contributed by atoms with Crippen molar-refractivity contribution in [2.45, 2.75) is 59.1 Å². The minimum Gasteiger partial charge on any atom is -0.391 e. The molecule has 3 aliphatic rings. The molecule has 2 N–H and O–H groups in total. The van der Waals surface area contributed by atoms with Crippen molar-refractivity contribution in [1.29, 1.82) is 0 Å². The third kappa shape index (κ3) is 5.30. The lowest BCUT2D eigenvalue weighted by atomic mass is 9.95. The number of aliphatic hydroxyl groups excluding tert-OH is 1. The number of morpholine rings is 1. The molecule has 3 aliphatic heterocycles. The van der Waals surface area contributed by atoms with Gasteiger partial charge in [0.05, 0.1) is 36.3 Å². The van der Waals surface area contributed by atoms with Gasteiger partial charge in [-0.3, -0.25) is 4.90 Å². The zero-order chi connectivity index (χ0) is 28.2. The van der Waals surface area contributed by atoms with Crippen molar-refractivity contribution in [3.05, 3.63) is 54.1 Å². The molecule has 0 aromatic heterocycles. The van der Waals surface area contributed by atoms with Crippen molar-refractivity contribution >= 4 is 28.3 Å². The molecule has 0 aliphatic carbocycles. The monoisotopic (exact) mass is 587 g/mol. The van der Waals surface area contributed by atoms with E-state index in [9.17, 15) is 31.8 Å². The average molecular weight is 588 g/mol. The number of thiol groups is 1. The van der Waals surface area contributed by atoms with Crippen molar-refractivity contribution in [1.82, 2.24) is 9.21 Å². The van der Waals surface area contributed by atoms with Gasteiger partial charge in [-0.2, -0.15) is 17.5 Å². The van der Waals surface area contributed by atoms with E-state index in [4.69, 9.17) is 4.74 Å². The molecule has 3 heterocycles. The van der Waals surface area contributed by atoms with Crippen LogP contribution in [0.5, 0.6) is 0 Å². The lowest BCUT2D eigenvalue weighted by molar-refractivity contribution is -0.258. The molecule has 0 unspecified atom stereocenters. The number of fused-ring (bicyclic) bond motifs is 2. The number of nitrogens with zero attached hydrogens (tertiary/aromatic N) is 3. The maximum Gasteiger partial charge on any atom is 0.421 e. The Bertz CT molecular complexity index is 1290. The maximum atomic E-state index is 13.6. The van der Waals surface area contributed by atoms with Gasteiger partial charge in [0, 0.05) is 42.8 Å². The van der Waals surface area contributed by atoms with E-state index < -0.39 is 27.9 Å². The smallest absolute Gasteiger partial charge is 0.391 e. The van der Waals surface area contributed by atoms with Crippen molar-refractivity contribution in [2.75, 3.05) is 44.3 Å². The Morgan fingerprint density at radius 1 is 1.08 bits per heavy atom. The van der Waals surface area contributed by atoms with Gasteiger partial charge < -0.3 is 19.8 Å². The second kappa shape index (κ2) is 10.5. The summed E-state index contributed by atoms with van der Waals surface area (Å²) in [5.74, 6) is 0. The zero-order valence-electron chi connectivity index (χ0n) is 21.3. The molecule has 0 radical (unpaired) electrons. The summed E-state index contributed by atoms with van der Waals surface area (Å²) in [5.41, 5.74) is -2.66. The molecule has 39 heavy (non-hydrogen) atoms. The number of hydrogen-bond acceptors (Lipinski definition) is 8. The van der Waals surface area contributed by atoms with Crippen LogP contribution in [-0.2, 0) is 20.4 Å². The molecule has 0 saturated carbocycles. The van der Waals surface area contributed by atoms with E-state index in [-0.39, 0.29) is 41.7 Å². The van der Waals surface area contributed by atoms with Crippen LogP contribution in [0.2, 0.25) is 0 Å². The first-order valence-corrected chi connectivity index (χ1v) is 14.7. The van der Waals surface area contributed by atoms with Crippen molar-refractivity contribution in [3.8, 4) is 0 Å². The molecule has 3 fully saturated rings. The summed E-state index contributed by atoms with van der Waals surface area (Å²) < 4.78 is 74.3. The predicted octanol–water partition coefficient (Wildman–Crippen LogP) is 2.46. The zero-order valence-corrected chi connectivity index (χ0v) is 23.0. The van der Waals surface area contributed by atoms with Gasteiger partial charge in [0.1, 0.15) is 0 Å². The highest BCUT2D eigenvalue weighted by atomic mass is 32.2. The van der Waals surface area contributed by atoms with E-state index in [0.29, 0.717) is 50.2 Å². The molecule has 2 aromatic rings. The molecule has 5 atom stereocenters. The van der Waals surface area contributed by atoms with Gasteiger partial charge in [-0.1, -0.05) is 24.3 Å². The standard InChI is InChI=1S/C26H32F3N3O5S2/c1-25(34,26(27,28)29)17-6-8-18(9-7-17)31-11-10-30(39(35,36)24-5-3-2-4-23(24)38)13-20(31)14-32-19-12-22(33)21(32)16-37-15-19/h2-9,19-22,33-34,38H,10-16H2,1H3/t19-,20-,21-,22-,25+/m1/s1. The lowest BCUT2D eigenvalue weighted by Crippen LogP contribution is -2.61. The fraction of sp³-hybridized carbons (Fsp3) is 0.538. The molecule has 3 saturated heterocycles. The molecule has 5 rings (SSSR count). The topological polar surface area (TPSA) is 93.6 Å². The van der Waals surface area contributed by atoms with Gasteiger partial charge in [-0.25, -0.2) is 8.42 Å². The summed E-state index contributed by atoms with van der Waals surface area (Å²) in [6.45, 7) is 2.60. The summed E-state index contributed by atoms with van der Waals surface area (Å²) >= 11 is 4.34. The van der Waals surface area contributed by atoms with E-state index in [1.165, 1.54) is 34.6 Å². The van der Waals surface area contributed by atoms with E-state index in [1.54, 1.807) is 18.2 Å². The number of halogens is 3. The number of hydrogen-bond donors (Lipinski definition) is 3. The van der Waals surface area contributed by atoms with E-state index in [0.717, 1.165) is 0 Å². The van der Waals surface area contributed by atoms with Gasteiger partial charge in [0.25, 0.3) is 0 Å². The van der Waals surface area contributed by atoms with E-state index in [2.05, 4.69) is 17.5 Å². The van der Waals surface area contributed by atoms with Crippen LogP contribution in [0.4, 0.5) is 18.9 Å². The number of rotatable bonds is 6. The molecule has 8 nitrogen and oxygen atoms in total. The molecular weight excluding hydrogens is 555 g/mol. The van der Waals surface area contributed by atoms with Crippen LogP contribution in [0.1, 0.15) is 18.9 Å². The normalized spacial score (nSPS) is 28.4. The number of ether oxygens (including phenoxy) is 1. The van der Waals surface area contributed by atoms with Crippen LogP contribution in [0.15, 0.2) is 58.3 Å². The summed E-state index contributed by atoms with van der Waals surface area (Å²) in [7, 11) is -3.86. The third-order valence-corrected chi connectivity index (χ3v) is 10.6. The first-order valence-electron chi connectivity index (χ1n) is 12.8. The van der Waals surface area contributed by atoms with Crippen molar-refractivity contribution in [3.63, 3.8) is 0 Å². The van der Waals surface area contributed by atoms with Gasteiger partial charge in [-0.05, 0) is 43.2 Å². The Morgan fingerprint density at radius 3 is 2.41 bits per heavy atom. The predicted molar refractivity (Wildman–Crippen MR) is 141 cm³/mol. The largest absolute Gasteiger partial charge is 0.421 e. The van der Waals surface area contributed by atoms with E-state index in [1.807, 2.05) is 4.90 Å². The Labute approximate surface area is 231 Å². The van der Waals surface area contributed by atoms with Gasteiger partial charge in [0.2, 0.25) is 10.0 Å². The number of sulfonamides is 1. The van der Waals surface area contributed by atoms with Crippen molar-refractivity contribution in [2.24, 2.45) is 0 Å². The Balaban J connectivity index is 1.44. The summed E-state index contributed by atoms with van der Waals surface area (Å²) in [6.07, 6.45) is -4.82. The fourth-order valence-corrected chi connectivity index (χ4v) is 7.84. The van der Waals surface area contributed by atoms with Crippen LogP contribution in [-0.4, -0.2) is 97.6 Å². The SMILES string of the molecule is C[C@](O)(c1ccc(N2CCN(S(=O)(=O)c3ccccc3S)C[C@@H]2CN2[C@H]3COC[C@@H]2[C@H](O)C3)cc1)C(F)(F)F. The van der Waals surface area contributed by atoms with Crippen molar-refractivity contribution < 1.29 is 36.5 Å². The Kier molecular flexibility index (Phi) is 7.72. The number of aliphatic hydroxyl groups is 2. The quantitative estimate of drug-likeness (QED) is 0.448. The number of piperazine rings is 1. The first-order chi connectivity index (χ1) is 18.3. The summed E-state index contributed by atoms with van der Waals surface area (Å²) in [4.78, 5) is 4.61. The number of benzene rings is 2.